The van der Waals surface area contributed by atoms with E-state index < -0.39 is 11.9 Å². The van der Waals surface area contributed by atoms with Gasteiger partial charge in [0.1, 0.15) is 11.5 Å². The molecule has 0 amide bonds. The summed E-state index contributed by atoms with van der Waals surface area (Å²) in [6.07, 6.45) is 2.27. The average Bonchev–Trinajstić information content (AvgIpc) is 2.60. The monoisotopic (exact) mass is 342 g/mol. The van der Waals surface area contributed by atoms with E-state index >= 15 is 0 Å². The van der Waals surface area contributed by atoms with Crippen molar-refractivity contribution in [3.63, 3.8) is 0 Å². The minimum absolute atomic E-state index is 0.120. The molecule has 5 nitrogen and oxygen atoms in total. The first-order valence-electron chi connectivity index (χ1n) is 8.36. The van der Waals surface area contributed by atoms with Crippen LogP contribution in [0.4, 0.5) is 0 Å². The van der Waals surface area contributed by atoms with Crippen molar-refractivity contribution >= 4 is 11.9 Å². The molecule has 0 saturated heterocycles. The molecular formula is C20H22O5. The van der Waals surface area contributed by atoms with Crippen LogP contribution >= 0.6 is 0 Å². The summed E-state index contributed by atoms with van der Waals surface area (Å²) in [7, 11) is 0. The SMILES string of the molecule is CCCOC(=O)c1ccc(OC(=O)c2ccc(O)cc2CCC)cc1. The first-order chi connectivity index (χ1) is 12.0. The van der Waals surface area contributed by atoms with Crippen molar-refractivity contribution in [3.05, 3.63) is 59.2 Å². The Morgan fingerprint density at radius 3 is 2.32 bits per heavy atom. The fourth-order valence-corrected chi connectivity index (χ4v) is 2.35. The third-order valence-electron chi connectivity index (χ3n) is 3.57. The molecule has 0 aromatic heterocycles. The number of ether oxygens (including phenoxy) is 2. The van der Waals surface area contributed by atoms with Crippen LogP contribution in [0.5, 0.6) is 11.5 Å². The normalized spacial score (nSPS) is 10.3. The number of benzene rings is 2. The van der Waals surface area contributed by atoms with Gasteiger partial charge in [-0.15, -0.1) is 0 Å². The molecule has 2 rings (SSSR count). The maximum Gasteiger partial charge on any atom is 0.343 e. The molecule has 132 valence electrons. The molecule has 0 heterocycles. The van der Waals surface area contributed by atoms with Gasteiger partial charge < -0.3 is 14.6 Å². The largest absolute Gasteiger partial charge is 0.508 e. The lowest BCUT2D eigenvalue weighted by Crippen LogP contribution is -2.12. The van der Waals surface area contributed by atoms with Gasteiger partial charge in [0.25, 0.3) is 0 Å². The van der Waals surface area contributed by atoms with Crippen LogP contribution in [0.15, 0.2) is 42.5 Å². The van der Waals surface area contributed by atoms with Gasteiger partial charge in [0.15, 0.2) is 0 Å². The van der Waals surface area contributed by atoms with Gasteiger partial charge in [-0.3, -0.25) is 0 Å². The molecule has 0 unspecified atom stereocenters. The zero-order chi connectivity index (χ0) is 18.2. The summed E-state index contributed by atoms with van der Waals surface area (Å²) in [4.78, 5) is 24.1. The Labute approximate surface area is 147 Å². The fraction of sp³-hybridized carbons (Fsp3) is 0.300. The molecule has 2 aromatic rings. The molecule has 0 aliphatic carbocycles. The Morgan fingerprint density at radius 1 is 0.960 bits per heavy atom. The smallest absolute Gasteiger partial charge is 0.343 e. The van der Waals surface area contributed by atoms with Gasteiger partial charge in [-0.1, -0.05) is 20.3 Å². The summed E-state index contributed by atoms with van der Waals surface area (Å²) in [5, 5.41) is 9.58. The minimum atomic E-state index is -0.496. The number of aromatic hydroxyl groups is 1. The van der Waals surface area contributed by atoms with Gasteiger partial charge >= 0.3 is 11.9 Å². The van der Waals surface area contributed by atoms with Crippen LogP contribution in [0.1, 0.15) is 53.0 Å². The van der Waals surface area contributed by atoms with Crippen molar-refractivity contribution in [1.29, 1.82) is 0 Å². The van der Waals surface area contributed by atoms with Crippen molar-refractivity contribution in [2.24, 2.45) is 0 Å². The van der Waals surface area contributed by atoms with Crippen molar-refractivity contribution in [3.8, 4) is 11.5 Å². The summed E-state index contributed by atoms with van der Waals surface area (Å²) < 4.78 is 10.4. The minimum Gasteiger partial charge on any atom is -0.508 e. The summed E-state index contributed by atoms with van der Waals surface area (Å²) in [5.41, 5.74) is 1.57. The van der Waals surface area contributed by atoms with E-state index in [2.05, 4.69) is 0 Å². The molecule has 0 atom stereocenters. The Bertz CT molecular complexity index is 734. The Balaban J connectivity index is 2.09. The van der Waals surface area contributed by atoms with Crippen LogP contribution in [0.25, 0.3) is 0 Å². The van der Waals surface area contributed by atoms with Gasteiger partial charge in [0, 0.05) is 0 Å². The van der Waals surface area contributed by atoms with Gasteiger partial charge in [-0.25, -0.2) is 9.59 Å². The molecular weight excluding hydrogens is 320 g/mol. The molecule has 1 N–H and O–H groups in total. The van der Waals surface area contributed by atoms with Crippen molar-refractivity contribution < 1.29 is 24.2 Å². The zero-order valence-electron chi connectivity index (χ0n) is 14.5. The van der Waals surface area contributed by atoms with E-state index in [9.17, 15) is 14.7 Å². The fourth-order valence-electron chi connectivity index (χ4n) is 2.35. The summed E-state index contributed by atoms with van der Waals surface area (Å²) >= 11 is 0. The standard InChI is InChI=1S/C20H22O5/c1-3-5-15-13-16(21)8-11-18(15)20(23)25-17-9-6-14(7-10-17)19(22)24-12-4-2/h6-11,13,21H,3-5,12H2,1-2H3. The van der Waals surface area contributed by atoms with Crippen LogP contribution < -0.4 is 4.74 Å². The Kier molecular flexibility index (Phi) is 6.57. The summed E-state index contributed by atoms with van der Waals surface area (Å²) in [6, 6.07) is 10.8. The second-order valence-corrected chi connectivity index (χ2v) is 5.64. The van der Waals surface area contributed by atoms with E-state index in [1.165, 1.54) is 6.07 Å². The third kappa shape index (κ3) is 5.08. The highest BCUT2D eigenvalue weighted by atomic mass is 16.5. The predicted molar refractivity (Wildman–Crippen MR) is 94.1 cm³/mol. The van der Waals surface area contributed by atoms with E-state index in [1.54, 1.807) is 36.4 Å². The quantitative estimate of drug-likeness (QED) is 0.605. The number of aryl methyl sites for hydroxylation is 1. The van der Waals surface area contributed by atoms with Crippen LogP contribution in [0, 0.1) is 0 Å². The van der Waals surface area contributed by atoms with Gasteiger partial charge in [-0.05, 0) is 60.9 Å². The lowest BCUT2D eigenvalue weighted by Gasteiger charge is -2.10. The molecule has 0 aliphatic heterocycles. The van der Waals surface area contributed by atoms with Crippen LogP contribution in [0.2, 0.25) is 0 Å². The third-order valence-corrected chi connectivity index (χ3v) is 3.57. The van der Waals surface area contributed by atoms with Crippen LogP contribution in [-0.2, 0) is 11.2 Å². The molecule has 2 aromatic carbocycles. The van der Waals surface area contributed by atoms with E-state index in [4.69, 9.17) is 9.47 Å². The number of hydrogen-bond donors (Lipinski definition) is 1. The topological polar surface area (TPSA) is 72.8 Å². The van der Waals surface area contributed by atoms with Crippen molar-refractivity contribution in [2.75, 3.05) is 6.61 Å². The highest BCUT2D eigenvalue weighted by Gasteiger charge is 2.15. The zero-order valence-corrected chi connectivity index (χ0v) is 14.5. The van der Waals surface area contributed by atoms with E-state index in [1.807, 2.05) is 13.8 Å². The highest BCUT2D eigenvalue weighted by molar-refractivity contribution is 5.93. The maximum absolute atomic E-state index is 12.4. The second kappa shape index (κ2) is 8.87. The summed E-state index contributed by atoms with van der Waals surface area (Å²) in [5.74, 6) is -0.434. The maximum atomic E-state index is 12.4. The molecule has 0 spiro atoms. The number of esters is 2. The number of carbonyl (C=O) groups excluding carboxylic acids is 2. The number of hydrogen-bond acceptors (Lipinski definition) is 5. The van der Waals surface area contributed by atoms with E-state index in [0.717, 1.165) is 18.4 Å². The molecule has 0 fully saturated rings. The molecule has 5 heteroatoms. The lowest BCUT2D eigenvalue weighted by molar-refractivity contribution is 0.0505. The Morgan fingerprint density at radius 2 is 1.68 bits per heavy atom. The van der Waals surface area contributed by atoms with Gasteiger partial charge in [-0.2, -0.15) is 0 Å². The number of phenolic OH excluding ortho intramolecular Hbond substituents is 1. The molecule has 0 aliphatic rings. The number of phenols is 1. The number of carbonyl (C=O) groups is 2. The van der Waals surface area contributed by atoms with Gasteiger partial charge in [0.2, 0.25) is 0 Å². The molecule has 0 bridgehead atoms. The summed E-state index contributed by atoms with van der Waals surface area (Å²) in [6.45, 7) is 4.29. The van der Waals surface area contributed by atoms with E-state index in [-0.39, 0.29) is 5.75 Å². The molecule has 0 radical (unpaired) electrons. The molecule has 25 heavy (non-hydrogen) atoms. The Hall–Kier alpha value is -2.82. The van der Waals surface area contributed by atoms with Gasteiger partial charge in [0.05, 0.1) is 17.7 Å². The second-order valence-electron chi connectivity index (χ2n) is 5.64. The van der Waals surface area contributed by atoms with Crippen molar-refractivity contribution in [1.82, 2.24) is 0 Å². The van der Waals surface area contributed by atoms with Crippen LogP contribution in [-0.4, -0.2) is 23.7 Å². The van der Waals surface area contributed by atoms with Crippen LogP contribution in [0.3, 0.4) is 0 Å². The number of rotatable bonds is 7. The highest BCUT2D eigenvalue weighted by Crippen LogP contribution is 2.21. The molecule has 0 saturated carbocycles. The first-order valence-corrected chi connectivity index (χ1v) is 8.36. The lowest BCUT2D eigenvalue weighted by atomic mass is 10.0. The van der Waals surface area contributed by atoms with E-state index in [0.29, 0.717) is 29.9 Å². The first kappa shape index (κ1) is 18.5. The predicted octanol–water partition coefficient (Wildman–Crippen LogP) is 4.13. The van der Waals surface area contributed by atoms with Crippen molar-refractivity contribution in [2.45, 2.75) is 33.1 Å². The average molecular weight is 342 g/mol.